The zero-order valence-electron chi connectivity index (χ0n) is 17.9. The van der Waals surface area contributed by atoms with Crippen molar-refractivity contribution in [3.05, 3.63) is 18.3 Å². The number of fused-ring (bicyclic) bond motifs is 1. The van der Waals surface area contributed by atoms with Crippen LogP contribution < -0.4 is 5.73 Å². The number of aliphatic hydroxyl groups is 1. The van der Waals surface area contributed by atoms with Gasteiger partial charge in [0.1, 0.15) is 24.4 Å². The Kier molecular flexibility index (Phi) is 5.30. The van der Waals surface area contributed by atoms with Crippen LogP contribution in [0.2, 0.25) is 18.1 Å². The second kappa shape index (κ2) is 6.97. The molecule has 5 atom stereocenters. The van der Waals surface area contributed by atoms with E-state index < -0.39 is 44.3 Å². The number of rotatable bonds is 4. The molecule has 0 aromatic carbocycles. The SMILES string of the molecule is C[C@@H](O)[C@H]1OC(n2cc(F)c3c(N)ncnc32)[C@](C)(F)[C@@H]1O[Si](C)(C)C(C)(C)C. The van der Waals surface area contributed by atoms with Crippen molar-refractivity contribution in [1.29, 1.82) is 0 Å². The summed E-state index contributed by atoms with van der Waals surface area (Å²) in [5, 5.41) is 10.1. The van der Waals surface area contributed by atoms with Gasteiger partial charge in [0.15, 0.2) is 31.7 Å². The Balaban J connectivity index is 2.08. The standard InChI is InChI=1S/C19H30F2N4O3Si/c1-10(26)13-14(28-29(6,7)18(2,3)4)19(5,21)17(27-13)25-8-11(20)12-15(22)23-9-24-16(12)25/h8-10,13-14,17,26H,1-7H3,(H2,22,23,24)/t10-,13-,14-,17?,19-/m1/s1. The molecule has 29 heavy (non-hydrogen) atoms. The molecule has 10 heteroatoms. The number of aliphatic hydroxyl groups excluding tert-OH is 1. The molecule has 1 saturated heterocycles. The third kappa shape index (κ3) is 3.56. The van der Waals surface area contributed by atoms with Crippen molar-refractivity contribution in [2.45, 2.75) is 83.0 Å². The van der Waals surface area contributed by atoms with Gasteiger partial charge in [-0.3, -0.25) is 4.57 Å². The molecule has 1 aliphatic rings. The second-order valence-electron chi connectivity index (χ2n) is 9.49. The Hall–Kier alpha value is -1.62. The highest BCUT2D eigenvalue weighted by Crippen LogP contribution is 2.48. The molecule has 3 rings (SSSR count). The van der Waals surface area contributed by atoms with Crippen LogP contribution in [-0.4, -0.2) is 51.9 Å². The first-order valence-electron chi connectivity index (χ1n) is 9.65. The fraction of sp³-hybridized carbons (Fsp3) is 0.684. The lowest BCUT2D eigenvalue weighted by Gasteiger charge is -2.41. The van der Waals surface area contributed by atoms with Crippen LogP contribution >= 0.6 is 0 Å². The Morgan fingerprint density at radius 2 is 2.00 bits per heavy atom. The minimum Gasteiger partial charge on any atom is -0.408 e. The second-order valence-corrected chi connectivity index (χ2v) is 14.2. The van der Waals surface area contributed by atoms with Gasteiger partial charge < -0.3 is 20.0 Å². The smallest absolute Gasteiger partial charge is 0.192 e. The van der Waals surface area contributed by atoms with Gasteiger partial charge >= 0.3 is 0 Å². The van der Waals surface area contributed by atoms with Gasteiger partial charge in [0.05, 0.1) is 11.5 Å². The third-order valence-electron chi connectivity index (χ3n) is 6.17. The van der Waals surface area contributed by atoms with Gasteiger partial charge in [-0.1, -0.05) is 20.8 Å². The summed E-state index contributed by atoms with van der Waals surface area (Å²) in [5.74, 6) is -0.703. The lowest BCUT2D eigenvalue weighted by molar-refractivity contribution is -0.0787. The average Bonchev–Trinajstić information content (AvgIpc) is 3.02. The number of nitrogens with zero attached hydrogens (tertiary/aromatic N) is 3. The van der Waals surface area contributed by atoms with Crippen molar-refractivity contribution in [3.8, 4) is 0 Å². The Bertz CT molecular complexity index is 911. The van der Waals surface area contributed by atoms with E-state index in [0.29, 0.717) is 0 Å². The molecule has 2 aromatic heterocycles. The highest BCUT2D eigenvalue weighted by atomic mass is 28.4. The number of aromatic nitrogens is 3. The molecular formula is C19H30F2N4O3Si. The molecule has 0 radical (unpaired) electrons. The normalized spacial score (nSPS) is 29.5. The van der Waals surface area contributed by atoms with Crippen LogP contribution in [0.5, 0.6) is 0 Å². The molecule has 1 fully saturated rings. The Morgan fingerprint density at radius 1 is 1.38 bits per heavy atom. The summed E-state index contributed by atoms with van der Waals surface area (Å²) in [5.41, 5.74) is 3.84. The Morgan fingerprint density at radius 3 is 2.55 bits per heavy atom. The Labute approximate surface area is 170 Å². The summed E-state index contributed by atoms with van der Waals surface area (Å²) in [6.45, 7) is 13.0. The molecule has 0 aliphatic carbocycles. The van der Waals surface area contributed by atoms with Crippen molar-refractivity contribution in [2.75, 3.05) is 5.73 Å². The summed E-state index contributed by atoms with van der Waals surface area (Å²) in [7, 11) is -2.39. The third-order valence-corrected chi connectivity index (χ3v) is 10.6. The summed E-state index contributed by atoms with van der Waals surface area (Å²) >= 11 is 0. The zero-order valence-corrected chi connectivity index (χ0v) is 18.9. The molecular weight excluding hydrogens is 398 g/mol. The molecule has 1 aliphatic heterocycles. The summed E-state index contributed by atoms with van der Waals surface area (Å²) in [6.07, 6.45) is -1.91. The molecule has 3 heterocycles. The van der Waals surface area contributed by atoms with Crippen LogP contribution in [0.15, 0.2) is 12.5 Å². The topological polar surface area (TPSA) is 95.4 Å². The zero-order chi connectivity index (χ0) is 21.9. The largest absolute Gasteiger partial charge is 0.408 e. The molecule has 7 nitrogen and oxygen atoms in total. The maximum absolute atomic E-state index is 16.2. The lowest BCUT2D eigenvalue weighted by atomic mass is 9.96. The van der Waals surface area contributed by atoms with Gasteiger partial charge in [-0.15, -0.1) is 0 Å². The molecule has 2 aromatic rings. The maximum Gasteiger partial charge on any atom is 0.192 e. The predicted molar refractivity (Wildman–Crippen MR) is 109 cm³/mol. The minimum atomic E-state index is -2.39. The van der Waals surface area contributed by atoms with Gasteiger partial charge in [-0.25, -0.2) is 18.7 Å². The fourth-order valence-corrected chi connectivity index (χ4v) is 4.79. The van der Waals surface area contributed by atoms with Crippen molar-refractivity contribution < 1.29 is 23.1 Å². The number of nitrogens with two attached hydrogens (primary N) is 1. The molecule has 0 amide bonds. The average molecular weight is 429 g/mol. The molecule has 0 saturated carbocycles. The van der Waals surface area contributed by atoms with Crippen molar-refractivity contribution in [1.82, 2.24) is 14.5 Å². The highest BCUT2D eigenvalue weighted by Gasteiger charge is 2.60. The molecule has 1 unspecified atom stereocenters. The molecule has 0 bridgehead atoms. The first kappa shape index (κ1) is 22.1. The summed E-state index contributed by atoms with van der Waals surface area (Å²) in [6, 6.07) is 0. The van der Waals surface area contributed by atoms with E-state index in [1.807, 2.05) is 33.9 Å². The molecule has 3 N–H and O–H groups in total. The van der Waals surface area contributed by atoms with Crippen LogP contribution in [0.3, 0.4) is 0 Å². The lowest BCUT2D eigenvalue weighted by Crippen LogP contribution is -2.53. The van der Waals surface area contributed by atoms with E-state index in [0.717, 1.165) is 6.20 Å². The van der Waals surface area contributed by atoms with Crippen molar-refractivity contribution >= 4 is 25.2 Å². The van der Waals surface area contributed by atoms with Crippen LogP contribution in [-0.2, 0) is 9.16 Å². The monoisotopic (exact) mass is 428 g/mol. The number of ether oxygens (including phenoxy) is 1. The first-order chi connectivity index (χ1) is 13.2. The fourth-order valence-electron chi connectivity index (χ4n) is 3.44. The van der Waals surface area contributed by atoms with E-state index in [4.69, 9.17) is 14.9 Å². The number of nitrogen functional groups attached to an aromatic ring is 1. The van der Waals surface area contributed by atoms with E-state index in [1.54, 1.807) is 0 Å². The van der Waals surface area contributed by atoms with Gasteiger partial charge in [-0.2, -0.15) is 0 Å². The van der Waals surface area contributed by atoms with Gasteiger partial charge in [0.25, 0.3) is 0 Å². The number of halogens is 2. The maximum atomic E-state index is 16.2. The van der Waals surface area contributed by atoms with Gasteiger partial charge in [-0.05, 0) is 32.0 Å². The van der Waals surface area contributed by atoms with Gasteiger partial charge in [0.2, 0.25) is 0 Å². The quantitative estimate of drug-likeness (QED) is 0.723. The van der Waals surface area contributed by atoms with E-state index in [1.165, 1.54) is 24.7 Å². The van der Waals surface area contributed by atoms with Crippen LogP contribution in [0.1, 0.15) is 40.8 Å². The van der Waals surface area contributed by atoms with Crippen LogP contribution in [0, 0.1) is 5.82 Å². The van der Waals surface area contributed by atoms with E-state index in [9.17, 15) is 9.50 Å². The number of hydrogen-bond acceptors (Lipinski definition) is 6. The van der Waals surface area contributed by atoms with E-state index in [-0.39, 0.29) is 21.9 Å². The van der Waals surface area contributed by atoms with Crippen molar-refractivity contribution in [3.63, 3.8) is 0 Å². The van der Waals surface area contributed by atoms with Gasteiger partial charge in [0, 0.05) is 6.20 Å². The predicted octanol–water partition coefficient (Wildman–Crippen LogP) is 3.55. The van der Waals surface area contributed by atoms with E-state index >= 15 is 4.39 Å². The first-order valence-corrected chi connectivity index (χ1v) is 12.6. The van der Waals surface area contributed by atoms with Crippen LogP contribution in [0.25, 0.3) is 11.0 Å². The number of hydrogen-bond donors (Lipinski definition) is 2. The van der Waals surface area contributed by atoms with Crippen LogP contribution in [0.4, 0.5) is 14.6 Å². The van der Waals surface area contributed by atoms with Crippen molar-refractivity contribution in [2.24, 2.45) is 0 Å². The summed E-state index contributed by atoms with van der Waals surface area (Å²) in [4.78, 5) is 7.87. The minimum absolute atomic E-state index is 0.00858. The van der Waals surface area contributed by atoms with E-state index in [2.05, 4.69) is 9.97 Å². The molecule has 0 spiro atoms. The number of alkyl halides is 1. The highest BCUT2D eigenvalue weighted by molar-refractivity contribution is 6.74. The number of anilines is 1. The summed E-state index contributed by atoms with van der Waals surface area (Å²) < 4.78 is 44.3. The molecule has 162 valence electrons.